The quantitative estimate of drug-likeness (QED) is 0.276. The SMILES string of the molecule is COc1ccc(CCNC(N)=NCCCC(C)(C)C)cc1OC.I. The van der Waals surface area contributed by atoms with Crippen LogP contribution in [0, 0.1) is 5.41 Å². The normalized spacial score (nSPS) is 11.6. The molecular formula is C18H32IN3O2. The minimum absolute atomic E-state index is 0. The zero-order chi connectivity index (χ0) is 17.3. The van der Waals surface area contributed by atoms with Gasteiger partial charge in [-0.15, -0.1) is 24.0 Å². The minimum Gasteiger partial charge on any atom is -0.493 e. The molecule has 1 rings (SSSR count). The monoisotopic (exact) mass is 449 g/mol. The van der Waals surface area contributed by atoms with Gasteiger partial charge in [-0.05, 0) is 42.4 Å². The highest BCUT2D eigenvalue weighted by Gasteiger charge is 2.08. The Labute approximate surface area is 163 Å². The number of hydrogen-bond donors (Lipinski definition) is 2. The van der Waals surface area contributed by atoms with E-state index in [0.29, 0.717) is 11.4 Å². The Morgan fingerprint density at radius 2 is 1.83 bits per heavy atom. The summed E-state index contributed by atoms with van der Waals surface area (Å²) in [6, 6.07) is 5.93. The van der Waals surface area contributed by atoms with Crippen molar-refractivity contribution < 1.29 is 9.47 Å². The third kappa shape index (κ3) is 9.20. The first-order valence-corrected chi connectivity index (χ1v) is 8.10. The standard InChI is InChI=1S/C18H31N3O2.HI/c1-18(2,3)10-6-11-20-17(19)21-12-9-14-7-8-15(22-4)16(13-14)23-5;/h7-8,13H,6,9-12H2,1-5H3,(H3,19,20,21);1H. The molecule has 0 amide bonds. The number of ether oxygens (including phenoxy) is 2. The third-order valence-corrected chi connectivity index (χ3v) is 3.53. The van der Waals surface area contributed by atoms with Gasteiger partial charge in [-0.2, -0.15) is 0 Å². The van der Waals surface area contributed by atoms with Crippen LogP contribution in [0.3, 0.4) is 0 Å². The van der Waals surface area contributed by atoms with Gasteiger partial charge in [-0.1, -0.05) is 26.8 Å². The van der Waals surface area contributed by atoms with E-state index in [9.17, 15) is 0 Å². The van der Waals surface area contributed by atoms with Crippen molar-refractivity contribution in [2.75, 3.05) is 27.3 Å². The highest BCUT2D eigenvalue weighted by Crippen LogP contribution is 2.27. The van der Waals surface area contributed by atoms with Crippen molar-refractivity contribution in [2.24, 2.45) is 16.1 Å². The molecule has 24 heavy (non-hydrogen) atoms. The first-order chi connectivity index (χ1) is 10.9. The summed E-state index contributed by atoms with van der Waals surface area (Å²) >= 11 is 0. The average molecular weight is 449 g/mol. The van der Waals surface area contributed by atoms with Crippen LogP contribution in [0.1, 0.15) is 39.2 Å². The van der Waals surface area contributed by atoms with Crippen molar-refractivity contribution in [1.29, 1.82) is 0 Å². The van der Waals surface area contributed by atoms with E-state index in [1.165, 1.54) is 0 Å². The highest BCUT2D eigenvalue weighted by atomic mass is 127. The Kier molecular flexibility index (Phi) is 10.8. The van der Waals surface area contributed by atoms with Gasteiger partial charge in [0.1, 0.15) is 0 Å². The second-order valence-electron chi connectivity index (χ2n) is 6.80. The Balaban J connectivity index is 0.00000529. The van der Waals surface area contributed by atoms with Crippen LogP contribution in [0.15, 0.2) is 23.2 Å². The van der Waals surface area contributed by atoms with Gasteiger partial charge in [0.25, 0.3) is 0 Å². The number of nitrogens with one attached hydrogen (secondary N) is 1. The smallest absolute Gasteiger partial charge is 0.188 e. The lowest BCUT2D eigenvalue weighted by Crippen LogP contribution is -2.33. The fraction of sp³-hybridized carbons (Fsp3) is 0.611. The van der Waals surface area contributed by atoms with E-state index in [4.69, 9.17) is 15.2 Å². The zero-order valence-electron chi connectivity index (χ0n) is 15.5. The third-order valence-electron chi connectivity index (χ3n) is 3.53. The maximum absolute atomic E-state index is 5.88. The van der Waals surface area contributed by atoms with Crippen molar-refractivity contribution in [1.82, 2.24) is 5.32 Å². The lowest BCUT2D eigenvalue weighted by atomic mass is 9.91. The van der Waals surface area contributed by atoms with E-state index in [1.807, 2.05) is 18.2 Å². The lowest BCUT2D eigenvalue weighted by molar-refractivity contribution is 0.354. The number of benzene rings is 1. The molecule has 0 atom stereocenters. The Hall–Kier alpha value is -1.18. The average Bonchev–Trinajstić information content (AvgIpc) is 2.50. The van der Waals surface area contributed by atoms with Crippen molar-refractivity contribution in [3.05, 3.63) is 23.8 Å². The zero-order valence-corrected chi connectivity index (χ0v) is 17.8. The van der Waals surface area contributed by atoms with E-state index in [1.54, 1.807) is 14.2 Å². The van der Waals surface area contributed by atoms with Crippen molar-refractivity contribution in [2.45, 2.75) is 40.0 Å². The second-order valence-corrected chi connectivity index (χ2v) is 6.80. The number of hydrogen-bond acceptors (Lipinski definition) is 3. The van der Waals surface area contributed by atoms with Gasteiger partial charge in [0.15, 0.2) is 17.5 Å². The van der Waals surface area contributed by atoms with Crippen LogP contribution in [-0.4, -0.2) is 33.3 Å². The maximum Gasteiger partial charge on any atom is 0.188 e. The molecule has 1 aromatic rings. The van der Waals surface area contributed by atoms with Gasteiger partial charge in [0, 0.05) is 13.1 Å². The van der Waals surface area contributed by atoms with Gasteiger partial charge in [-0.3, -0.25) is 4.99 Å². The number of guanidine groups is 1. The molecule has 0 saturated heterocycles. The maximum atomic E-state index is 5.88. The topological polar surface area (TPSA) is 68.9 Å². The summed E-state index contributed by atoms with van der Waals surface area (Å²) in [5.41, 5.74) is 7.40. The summed E-state index contributed by atoms with van der Waals surface area (Å²) in [6.07, 6.45) is 3.05. The van der Waals surface area contributed by atoms with Crippen LogP contribution in [0.2, 0.25) is 0 Å². The molecule has 0 unspecified atom stereocenters. The molecule has 0 saturated carbocycles. The fourth-order valence-corrected chi connectivity index (χ4v) is 2.24. The number of halogens is 1. The summed E-state index contributed by atoms with van der Waals surface area (Å²) in [5, 5.41) is 3.15. The van der Waals surface area contributed by atoms with Crippen LogP contribution in [-0.2, 0) is 6.42 Å². The summed E-state index contributed by atoms with van der Waals surface area (Å²) in [5.74, 6) is 2.00. The molecule has 0 radical (unpaired) electrons. The van der Waals surface area contributed by atoms with E-state index >= 15 is 0 Å². The summed E-state index contributed by atoms with van der Waals surface area (Å²) < 4.78 is 10.5. The molecule has 1 aromatic carbocycles. The molecule has 0 aromatic heterocycles. The highest BCUT2D eigenvalue weighted by molar-refractivity contribution is 14.0. The summed E-state index contributed by atoms with van der Waals surface area (Å²) in [6.45, 7) is 8.22. The number of nitrogens with zero attached hydrogens (tertiary/aromatic N) is 1. The van der Waals surface area contributed by atoms with Crippen LogP contribution >= 0.6 is 24.0 Å². The van der Waals surface area contributed by atoms with Crippen molar-refractivity contribution in [3.63, 3.8) is 0 Å². The van der Waals surface area contributed by atoms with Crippen LogP contribution < -0.4 is 20.5 Å². The predicted octanol–water partition coefficient (Wildman–Crippen LogP) is 3.59. The Morgan fingerprint density at radius 1 is 1.17 bits per heavy atom. The second kappa shape index (κ2) is 11.4. The van der Waals surface area contributed by atoms with Gasteiger partial charge >= 0.3 is 0 Å². The van der Waals surface area contributed by atoms with E-state index < -0.39 is 0 Å². The molecule has 5 nitrogen and oxygen atoms in total. The molecule has 0 bridgehead atoms. The number of aliphatic imine (C=N–C) groups is 1. The fourth-order valence-electron chi connectivity index (χ4n) is 2.24. The van der Waals surface area contributed by atoms with Crippen LogP contribution in [0.4, 0.5) is 0 Å². The molecule has 0 spiro atoms. The Morgan fingerprint density at radius 3 is 2.42 bits per heavy atom. The molecule has 0 fully saturated rings. The number of methoxy groups -OCH3 is 2. The van der Waals surface area contributed by atoms with Gasteiger partial charge in [0.2, 0.25) is 0 Å². The summed E-state index contributed by atoms with van der Waals surface area (Å²) in [7, 11) is 3.28. The van der Waals surface area contributed by atoms with Gasteiger partial charge in [-0.25, -0.2) is 0 Å². The first kappa shape index (κ1) is 22.8. The molecule has 138 valence electrons. The molecule has 0 heterocycles. The summed E-state index contributed by atoms with van der Waals surface area (Å²) in [4.78, 5) is 4.36. The minimum atomic E-state index is 0. The first-order valence-electron chi connectivity index (χ1n) is 8.10. The van der Waals surface area contributed by atoms with E-state index in [-0.39, 0.29) is 24.0 Å². The lowest BCUT2D eigenvalue weighted by Gasteiger charge is -2.16. The predicted molar refractivity (Wildman–Crippen MR) is 112 cm³/mol. The number of rotatable bonds is 8. The Bertz CT molecular complexity index is 513. The molecular weight excluding hydrogens is 417 g/mol. The van der Waals surface area contributed by atoms with Crippen LogP contribution in [0.25, 0.3) is 0 Å². The van der Waals surface area contributed by atoms with Gasteiger partial charge in [0.05, 0.1) is 14.2 Å². The molecule has 0 aliphatic rings. The van der Waals surface area contributed by atoms with Gasteiger partial charge < -0.3 is 20.5 Å². The van der Waals surface area contributed by atoms with Crippen molar-refractivity contribution >= 4 is 29.9 Å². The molecule has 0 aliphatic carbocycles. The number of nitrogens with two attached hydrogens (primary N) is 1. The largest absolute Gasteiger partial charge is 0.493 e. The van der Waals surface area contributed by atoms with Crippen LogP contribution in [0.5, 0.6) is 11.5 Å². The van der Waals surface area contributed by atoms with E-state index in [2.05, 4.69) is 31.1 Å². The molecule has 3 N–H and O–H groups in total. The van der Waals surface area contributed by atoms with Crippen molar-refractivity contribution in [3.8, 4) is 11.5 Å². The molecule has 6 heteroatoms. The van der Waals surface area contributed by atoms with E-state index in [0.717, 1.165) is 49.4 Å². The molecule has 0 aliphatic heterocycles.